The second-order valence-electron chi connectivity index (χ2n) is 6.70. The summed E-state index contributed by atoms with van der Waals surface area (Å²) in [4.78, 5) is 30.3. The summed E-state index contributed by atoms with van der Waals surface area (Å²) in [5, 5.41) is 0. The van der Waals surface area contributed by atoms with E-state index in [0.29, 0.717) is 32.7 Å². The highest BCUT2D eigenvalue weighted by Crippen LogP contribution is 2.32. The highest BCUT2D eigenvalue weighted by atomic mass is 19.1. The summed E-state index contributed by atoms with van der Waals surface area (Å²) in [6.45, 7) is 3.01. The Labute approximate surface area is 134 Å². The van der Waals surface area contributed by atoms with Crippen LogP contribution in [-0.2, 0) is 11.3 Å². The molecule has 1 aliphatic carbocycles. The summed E-state index contributed by atoms with van der Waals surface area (Å²) in [7, 11) is 0. The molecule has 1 aromatic carbocycles. The van der Waals surface area contributed by atoms with Gasteiger partial charge in [-0.25, -0.2) is 9.18 Å². The van der Waals surface area contributed by atoms with E-state index in [-0.39, 0.29) is 29.7 Å². The zero-order valence-corrected chi connectivity index (χ0v) is 12.9. The number of fused-ring (bicyclic) bond motifs is 1. The first-order chi connectivity index (χ1) is 11.1. The number of carbonyl (C=O) groups excluding carboxylic acids is 2. The summed E-state index contributed by atoms with van der Waals surface area (Å²) in [5.74, 6) is 0.219. The van der Waals surface area contributed by atoms with Crippen molar-refractivity contribution < 1.29 is 14.0 Å². The van der Waals surface area contributed by atoms with Crippen molar-refractivity contribution >= 4 is 11.9 Å². The number of nitrogens with zero attached hydrogens (tertiary/aromatic N) is 3. The molecule has 2 saturated heterocycles. The van der Waals surface area contributed by atoms with Gasteiger partial charge in [0.25, 0.3) is 0 Å². The number of halogens is 1. The van der Waals surface area contributed by atoms with Crippen LogP contribution in [0.4, 0.5) is 9.18 Å². The molecule has 0 N–H and O–H groups in total. The van der Waals surface area contributed by atoms with Crippen LogP contribution in [0, 0.1) is 11.7 Å². The number of urea groups is 1. The second kappa shape index (κ2) is 5.51. The van der Waals surface area contributed by atoms with Crippen molar-refractivity contribution in [3.05, 3.63) is 35.6 Å². The van der Waals surface area contributed by atoms with Gasteiger partial charge in [-0.15, -0.1) is 0 Å². The lowest BCUT2D eigenvalue weighted by Crippen LogP contribution is -2.54. The Morgan fingerprint density at radius 3 is 2.57 bits per heavy atom. The lowest BCUT2D eigenvalue weighted by atomic mass is 10.1. The van der Waals surface area contributed by atoms with Crippen molar-refractivity contribution in [1.29, 1.82) is 0 Å². The average Bonchev–Trinajstić information content (AvgIpc) is 3.35. The van der Waals surface area contributed by atoms with Crippen molar-refractivity contribution in [3.8, 4) is 0 Å². The molecule has 3 amide bonds. The average molecular weight is 317 g/mol. The van der Waals surface area contributed by atoms with Crippen LogP contribution in [0.25, 0.3) is 0 Å². The van der Waals surface area contributed by atoms with Crippen LogP contribution in [0.15, 0.2) is 24.3 Å². The minimum absolute atomic E-state index is 0.0258. The Morgan fingerprint density at radius 2 is 1.87 bits per heavy atom. The van der Waals surface area contributed by atoms with E-state index < -0.39 is 0 Å². The van der Waals surface area contributed by atoms with Crippen molar-refractivity contribution in [2.24, 2.45) is 5.92 Å². The highest BCUT2D eigenvalue weighted by molar-refractivity contribution is 5.82. The van der Waals surface area contributed by atoms with Crippen LogP contribution in [0.5, 0.6) is 0 Å². The largest absolute Gasteiger partial charge is 0.339 e. The van der Waals surface area contributed by atoms with Crippen molar-refractivity contribution in [2.45, 2.75) is 25.4 Å². The van der Waals surface area contributed by atoms with Crippen LogP contribution in [0.2, 0.25) is 0 Å². The number of hydrogen-bond donors (Lipinski definition) is 0. The molecule has 0 unspecified atom stereocenters. The first kappa shape index (κ1) is 14.5. The molecule has 1 aromatic rings. The molecule has 0 radical (unpaired) electrons. The molecule has 5 nitrogen and oxygen atoms in total. The molecular formula is C17H20FN3O2. The molecule has 4 rings (SSSR count). The molecule has 23 heavy (non-hydrogen) atoms. The standard InChI is InChI=1S/C17H20FN3O2/c18-14-5-1-12(2-6-14)9-20-11-15-10-19(16(22)13-3-4-13)7-8-21(15)17(20)23/h1-2,5-6,13,15H,3-4,7-11H2/t15-/m1/s1. The zero-order valence-electron chi connectivity index (χ0n) is 12.9. The van der Waals surface area contributed by atoms with Gasteiger partial charge in [0.2, 0.25) is 5.91 Å². The topological polar surface area (TPSA) is 43.9 Å². The van der Waals surface area contributed by atoms with Gasteiger partial charge in [-0.1, -0.05) is 12.1 Å². The van der Waals surface area contributed by atoms with Gasteiger partial charge >= 0.3 is 6.03 Å². The summed E-state index contributed by atoms with van der Waals surface area (Å²) in [5.41, 5.74) is 0.922. The molecular weight excluding hydrogens is 297 g/mol. The van der Waals surface area contributed by atoms with Crippen LogP contribution < -0.4 is 0 Å². The molecule has 3 aliphatic rings. The van der Waals surface area contributed by atoms with Crippen molar-refractivity contribution in [1.82, 2.24) is 14.7 Å². The first-order valence-corrected chi connectivity index (χ1v) is 8.20. The number of hydrogen-bond acceptors (Lipinski definition) is 2. The summed E-state index contributed by atoms with van der Waals surface area (Å²) in [6, 6.07) is 6.36. The van der Waals surface area contributed by atoms with Crippen molar-refractivity contribution in [2.75, 3.05) is 26.2 Å². The Balaban J connectivity index is 1.41. The Kier molecular flexibility index (Phi) is 3.47. The zero-order chi connectivity index (χ0) is 16.0. The summed E-state index contributed by atoms with van der Waals surface area (Å²) in [6.07, 6.45) is 2.03. The molecule has 0 aromatic heterocycles. The van der Waals surface area contributed by atoms with E-state index in [1.807, 2.05) is 9.80 Å². The van der Waals surface area contributed by atoms with Crippen LogP contribution in [0.3, 0.4) is 0 Å². The number of benzene rings is 1. The molecule has 1 atom stereocenters. The molecule has 6 heteroatoms. The fourth-order valence-corrected chi connectivity index (χ4v) is 3.51. The smallest absolute Gasteiger partial charge is 0.320 e. The third-order valence-electron chi connectivity index (χ3n) is 4.96. The number of amides is 3. The third-order valence-corrected chi connectivity index (χ3v) is 4.96. The fraction of sp³-hybridized carbons (Fsp3) is 0.529. The van der Waals surface area contributed by atoms with E-state index in [9.17, 15) is 14.0 Å². The van der Waals surface area contributed by atoms with E-state index >= 15 is 0 Å². The molecule has 1 saturated carbocycles. The monoisotopic (exact) mass is 317 g/mol. The van der Waals surface area contributed by atoms with E-state index in [4.69, 9.17) is 0 Å². The number of piperazine rings is 1. The van der Waals surface area contributed by atoms with Crippen LogP contribution in [-0.4, -0.2) is 58.9 Å². The van der Waals surface area contributed by atoms with E-state index in [2.05, 4.69) is 0 Å². The van der Waals surface area contributed by atoms with E-state index in [1.54, 1.807) is 17.0 Å². The molecule has 2 aliphatic heterocycles. The predicted molar refractivity (Wildman–Crippen MR) is 82.0 cm³/mol. The maximum Gasteiger partial charge on any atom is 0.320 e. The second-order valence-corrected chi connectivity index (χ2v) is 6.70. The van der Waals surface area contributed by atoms with Gasteiger partial charge in [0.1, 0.15) is 5.82 Å². The van der Waals surface area contributed by atoms with Gasteiger partial charge in [0.05, 0.1) is 6.04 Å². The lowest BCUT2D eigenvalue weighted by molar-refractivity contribution is -0.134. The molecule has 3 fully saturated rings. The Hall–Kier alpha value is -2.11. The highest BCUT2D eigenvalue weighted by Gasteiger charge is 2.43. The summed E-state index contributed by atoms with van der Waals surface area (Å²) < 4.78 is 13.0. The number of rotatable bonds is 3. The maximum atomic E-state index is 13.0. The SMILES string of the molecule is O=C(C1CC1)N1CCN2C(=O)N(Cc3ccc(F)cc3)C[C@H]2C1. The third kappa shape index (κ3) is 2.78. The summed E-state index contributed by atoms with van der Waals surface area (Å²) >= 11 is 0. The van der Waals surface area contributed by atoms with Gasteiger partial charge in [0, 0.05) is 38.6 Å². The number of carbonyl (C=O) groups is 2. The van der Waals surface area contributed by atoms with E-state index in [0.717, 1.165) is 18.4 Å². The Morgan fingerprint density at radius 1 is 1.13 bits per heavy atom. The molecule has 122 valence electrons. The molecule has 0 spiro atoms. The normalized spacial score (nSPS) is 24.1. The fourth-order valence-electron chi connectivity index (χ4n) is 3.51. The van der Waals surface area contributed by atoms with Gasteiger partial charge in [-0.05, 0) is 30.5 Å². The molecule has 2 heterocycles. The van der Waals surface area contributed by atoms with Crippen LogP contribution >= 0.6 is 0 Å². The first-order valence-electron chi connectivity index (χ1n) is 8.20. The molecule has 0 bridgehead atoms. The van der Waals surface area contributed by atoms with Gasteiger partial charge in [0.15, 0.2) is 0 Å². The Bertz CT molecular complexity index is 629. The minimum Gasteiger partial charge on any atom is -0.339 e. The van der Waals surface area contributed by atoms with Gasteiger partial charge < -0.3 is 14.7 Å². The maximum absolute atomic E-state index is 13.0. The predicted octanol–water partition coefficient (Wildman–Crippen LogP) is 1.68. The quantitative estimate of drug-likeness (QED) is 0.851. The minimum atomic E-state index is -0.270. The van der Waals surface area contributed by atoms with Crippen LogP contribution in [0.1, 0.15) is 18.4 Å². The van der Waals surface area contributed by atoms with Crippen molar-refractivity contribution in [3.63, 3.8) is 0 Å². The van der Waals surface area contributed by atoms with Gasteiger partial charge in [-0.3, -0.25) is 4.79 Å². The van der Waals surface area contributed by atoms with E-state index in [1.165, 1.54) is 12.1 Å². The lowest BCUT2D eigenvalue weighted by Gasteiger charge is -2.36. The van der Waals surface area contributed by atoms with Gasteiger partial charge in [-0.2, -0.15) is 0 Å².